The molecule has 0 atom stereocenters. The fourth-order valence-corrected chi connectivity index (χ4v) is 1.82. The first kappa shape index (κ1) is 13.6. The van der Waals surface area contributed by atoms with Gasteiger partial charge in [0, 0.05) is 31.9 Å². The van der Waals surface area contributed by atoms with Gasteiger partial charge in [0.2, 0.25) is 5.91 Å². The smallest absolute Gasteiger partial charge is 0.313 e. The number of amides is 1. The Morgan fingerprint density at radius 1 is 1.53 bits per heavy atom. The first-order valence-corrected chi connectivity index (χ1v) is 6.28. The van der Waals surface area contributed by atoms with E-state index in [2.05, 4.69) is 10.4 Å². The topological polar surface area (TPSA) is 84.2 Å². The summed E-state index contributed by atoms with van der Waals surface area (Å²) in [7, 11) is 1.85. The minimum atomic E-state index is -0.905. The fourth-order valence-electron chi connectivity index (χ4n) is 1.26. The largest absolute Gasteiger partial charge is 0.481 e. The summed E-state index contributed by atoms with van der Waals surface area (Å²) in [6, 6.07) is 1.89. The second-order valence-corrected chi connectivity index (χ2v) is 4.42. The summed E-state index contributed by atoms with van der Waals surface area (Å²) in [5.41, 5.74) is 1.04. The van der Waals surface area contributed by atoms with Crippen LogP contribution in [-0.2, 0) is 23.1 Å². The van der Waals surface area contributed by atoms with Crippen LogP contribution >= 0.6 is 11.8 Å². The van der Waals surface area contributed by atoms with Crippen LogP contribution in [0.2, 0.25) is 0 Å². The molecule has 0 radical (unpaired) electrons. The number of carboxylic acid groups (broad SMARTS) is 1. The van der Waals surface area contributed by atoms with E-state index in [-0.39, 0.29) is 17.4 Å². The summed E-state index contributed by atoms with van der Waals surface area (Å²) < 4.78 is 1.76. The van der Waals surface area contributed by atoms with Crippen LogP contribution in [-0.4, -0.2) is 44.8 Å². The molecular formula is C10H15N3O3S. The van der Waals surface area contributed by atoms with Gasteiger partial charge in [-0.25, -0.2) is 0 Å². The molecule has 94 valence electrons. The number of nitrogens with zero attached hydrogens (tertiary/aromatic N) is 2. The van der Waals surface area contributed by atoms with Crippen molar-refractivity contribution in [1.82, 2.24) is 15.1 Å². The number of hydrogen-bond donors (Lipinski definition) is 2. The molecule has 7 heteroatoms. The minimum Gasteiger partial charge on any atom is -0.481 e. The Morgan fingerprint density at radius 2 is 2.29 bits per heavy atom. The lowest BCUT2D eigenvalue weighted by Gasteiger charge is -2.04. The van der Waals surface area contributed by atoms with Crippen molar-refractivity contribution in [3.8, 4) is 0 Å². The average molecular weight is 257 g/mol. The molecule has 0 unspecified atom stereocenters. The van der Waals surface area contributed by atoms with Crippen LogP contribution in [0.3, 0.4) is 0 Å². The molecule has 6 nitrogen and oxygen atoms in total. The maximum Gasteiger partial charge on any atom is 0.313 e. The number of aromatic nitrogens is 2. The normalized spacial score (nSPS) is 10.2. The molecular weight excluding hydrogens is 242 g/mol. The number of nitrogens with one attached hydrogen (secondary N) is 1. The van der Waals surface area contributed by atoms with Gasteiger partial charge in [-0.15, -0.1) is 11.8 Å². The Morgan fingerprint density at radius 3 is 2.88 bits per heavy atom. The van der Waals surface area contributed by atoms with E-state index < -0.39 is 5.97 Å². The summed E-state index contributed by atoms with van der Waals surface area (Å²) in [5, 5.41) is 15.1. The first-order valence-electron chi connectivity index (χ1n) is 5.12. The lowest BCUT2D eigenvalue weighted by atomic mass is 10.3. The van der Waals surface area contributed by atoms with E-state index in [9.17, 15) is 9.59 Å². The van der Waals surface area contributed by atoms with Crippen molar-refractivity contribution in [3.05, 3.63) is 18.0 Å². The zero-order chi connectivity index (χ0) is 12.7. The van der Waals surface area contributed by atoms with E-state index in [1.54, 1.807) is 10.9 Å². The van der Waals surface area contributed by atoms with E-state index in [1.165, 1.54) is 0 Å². The second kappa shape index (κ2) is 6.95. The standard InChI is InChI=1S/C10H15N3O3S/c1-13-8(3-5-12-13)2-4-11-9(14)6-17-7-10(15)16/h3,5H,2,4,6-7H2,1H3,(H,11,14)(H,15,16). The monoisotopic (exact) mass is 257 g/mol. The van der Waals surface area contributed by atoms with Crippen molar-refractivity contribution < 1.29 is 14.7 Å². The molecule has 1 rings (SSSR count). The number of hydrogen-bond acceptors (Lipinski definition) is 4. The highest BCUT2D eigenvalue weighted by atomic mass is 32.2. The molecule has 2 N–H and O–H groups in total. The average Bonchev–Trinajstić information content (AvgIpc) is 2.64. The molecule has 0 aliphatic heterocycles. The molecule has 1 aromatic rings. The lowest BCUT2D eigenvalue weighted by molar-refractivity contribution is -0.133. The van der Waals surface area contributed by atoms with Gasteiger partial charge < -0.3 is 10.4 Å². The van der Waals surface area contributed by atoms with E-state index in [1.807, 2.05) is 13.1 Å². The van der Waals surface area contributed by atoms with Crippen LogP contribution in [0.1, 0.15) is 5.69 Å². The van der Waals surface area contributed by atoms with Gasteiger partial charge in [-0.1, -0.05) is 0 Å². The Labute approximate surface area is 103 Å². The van der Waals surface area contributed by atoms with E-state index in [0.717, 1.165) is 17.5 Å². The van der Waals surface area contributed by atoms with Crippen molar-refractivity contribution in [2.24, 2.45) is 7.05 Å². The maximum absolute atomic E-state index is 11.3. The highest BCUT2D eigenvalue weighted by Gasteiger charge is 2.04. The zero-order valence-corrected chi connectivity index (χ0v) is 10.4. The summed E-state index contributed by atoms with van der Waals surface area (Å²) in [6.45, 7) is 0.534. The third-order valence-electron chi connectivity index (χ3n) is 2.08. The van der Waals surface area contributed by atoms with Gasteiger partial charge in [-0.05, 0) is 6.07 Å². The van der Waals surface area contributed by atoms with Crippen molar-refractivity contribution in [1.29, 1.82) is 0 Å². The van der Waals surface area contributed by atoms with E-state index in [0.29, 0.717) is 13.0 Å². The molecule has 0 spiro atoms. The van der Waals surface area contributed by atoms with Gasteiger partial charge in [-0.3, -0.25) is 14.3 Å². The number of carbonyl (C=O) groups is 2. The number of rotatable bonds is 7. The summed E-state index contributed by atoms with van der Waals surface area (Å²) >= 11 is 1.09. The molecule has 17 heavy (non-hydrogen) atoms. The number of carboxylic acids is 1. The number of carbonyl (C=O) groups excluding carboxylic acids is 1. The maximum atomic E-state index is 11.3. The molecule has 0 aromatic carbocycles. The summed E-state index contributed by atoms with van der Waals surface area (Å²) in [4.78, 5) is 21.5. The molecule has 1 aromatic heterocycles. The Bertz CT molecular complexity index is 392. The van der Waals surface area contributed by atoms with Gasteiger partial charge in [0.05, 0.1) is 11.5 Å². The quantitative estimate of drug-likeness (QED) is 0.712. The van der Waals surface area contributed by atoms with Crippen LogP contribution in [0, 0.1) is 0 Å². The molecule has 0 saturated heterocycles. The van der Waals surface area contributed by atoms with Gasteiger partial charge in [-0.2, -0.15) is 5.10 Å². The van der Waals surface area contributed by atoms with Crippen LogP contribution < -0.4 is 5.32 Å². The molecule has 0 aliphatic rings. The third-order valence-corrected chi connectivity index (χ3v) is 3.00. The summed E-state index contributed by atoms with van der Waals surface area (Å²) in [6.07, 6.45) is 2.42. The first-order chi connectivity index (χ1) is 8.09. The molecule has 1 amide bonds. The van der Waals surface area contributed by atoms with Crippen LogP contribution in [0.15, 0.2) is 12.3 Å². The Kier molecular flexibility index (Phi) is 5.55. The predicted octanol–water partition coefficient (Wildman–Crippen LogP) is -0.103. The van der Waals surface area contributed by atoms with Crippen LogP contribution in [0.25, 0.3) is 0 Å². The highest BCUT2D eigenvalue weighted by Crippen LogP contribution is 1.99. The van der Waals surface area contributed by atoms with Gasteiger partial charge in [0.25, 0.3) is 0 Å². The second-order valence-electron chi connectivity index (χ2n) is 3.43. The predicted molar refractivity (Wildman–Crippen MR) is 64.9 cm³/mol. The molecule has 1 heterocycles. The van der Waals surface area contributed by atoms with Crippen molar-refractivity contribution >= 4 is 23.6 Å². The van der Waals surface area contributed by atoms with Crippen molar-refractivity contribution in [2.45, 2.75) is 6.42 Å². The lowest BCUT2D eigenvalue weighted by Crippen LogP contribution is -2.28. The summed E-state index contributed by atoms with van der Waals surface area (Å²) in [5.74, 6) is -0.913. The van der Waals surface area contributed by atoms with E-state index >= 15 is 0 Å². The van der Waals surface area contributed by atoms with Gasteiger partial charge in [0.15, 0.2) is 0 Å². The molecule has 0 saturated carbocycles. The Hall–Kier alpha value is -1.50. The highest BCUT2D eigenvalue weighted by molar-refractivity contribution is 8.00. The number of aryl methyl sites for hydroxylation is 1. The van der Waals surface area contributed by atoms with Crippen molar-refractivity contribution in [2.75, 3.05) is 18.1 Å². The molecule has 0 fully saturated rings. The van der Waals surface area contributed by atoms with Crippen LogP contribution in [0.4, 0.5) is 0 Å². The van der Waals surface area contributed by atoms with Gasteiger partial charge >= 0.3 is 5.97 Å². The third kappa shape index (κ3) is 5.39. The number of thioether (sulfide) groups is 1. The SMILES string of the molecule is Cn1nccc1CCNC(=O)CSCC(=O)O. The molecule has 0 bridgehead atoms. The minimum absolute atomic E-state index is 0.0465. The van der Waals surface area contributed by atoms with Crippen molar-refractivity contribution in [3.63, 3.8) is 0 Å². The van der Waals surface area contributed by atoms with Gasteiger partial charge in [0.1, 0.15) is 0 Å². The Balaban J connectivity index is 2.12. The van der Waals surface area contributed by atoms with Crippen LogP contribution in [0.5, 0.6) is 0 Å². The number of aliphatic carboxylic acids is 1. The van der Waals surface area contributed by atoms with E-state index in [4.69, 9.17) is 5.11 Å². The fraction of sp³-hybridized carbons (Fsp3) is 0.500. The zero-order valence-electron chi connectivity index (χ0n) is 9.55. The molecule has 0 aliphatic carbocycles.